The first-order chi connectivity index (χ1) is 9.70. The first kappa shape index (κ1) is 13.3. The molecule has 0 spiro atoms. The molecule has 0 aromatic heterocycles. The van der Waals surface area contributed by atoms with E-state index in [1.165, 1.54) is 12.8 Å². The average molecular weight is 274 g/mol. The lowest BCUT2D eigenvalue weighted by molar-refractivity contribution is 0.0732. The normalized spacial score (nSPS) is 17.9. The highest BCUT2D eigenvalue weighted by Crippen LogP contribution is 2.37. The zero-order chi connectivity index (χ0) is 14.1. The monoisotopic (exact) mass is 274 g/mol. The minimum absolute atomic E-state index is 0.0425. The molecule has 2 N–H and O–H groups in total. The van der Waals surface area contributed by atoms with Crippen molar-refractivity contribution in [3.05, 3.63) is 23.8 Å². The van der Waals surface area contributed by atoms with Crippen molar-refractivity contribution in [2.75, 3.05) is 18.9 Å². The highest BCUT2D eigenvalue weighted by molar-refractivity contribution is 6.02. The molecule has 20 heavy (non-hydrogen) atoms. The number of hydrogen-bond acceptors (Lipinski definition) is 3. The smallest absolute Gasteiger partial charge is 0.259 e. The highest BCUT2D eigenvalue weighted by Gasteiger charge is 2.38. The van der Waals surface area contributed by atoms with Gasteiger partial charge < -0.3 is 15.4 Å². The van der Waals surface area contributed by atoms with E-state index in [0.717, 1.165) is 19.4 Å². The largest absolute Gasteiger partial charge is 0.493 e. The van der Waals surface area contributed by atoms with Crippen LogP contribution in [0.2, 0.25) is 0 Å². The molecular weight excluding hydrogens is 252 g/mol. The predicted molar refractivity (Wildman–Crippen MR) is 78.8 cm³/mol. The Bertz CT molecular complexity index is 507. The molecule has 108 valence electrons. The molecule has 2 aliphatic carbocycles. The molecule has 4 nitrogen and oxygen atoms in total. The molecule has 0 saturated heterocycles. The second kappa shape index (κ2) is 5.35. The molecule has 2 fully saturated rings. The molecule has 2 saturated carbocycles. The third-order valence-electron chi connectivity index (χ3n) is 3.97. The van der Waals surface area contributed by atoms with Gasteiger partial charge in [0, 0.05) is 18.3 Å². The zero-order valence-electron chi connectivity index (χ0n) is 12.0. The lowest BCUT2D eigenvalue weighted by Crippen LogP contribution is -2.35. The number of rotatable bonds is 6. The summed E-state index contributed by atoms with van der Waals surface area (Å²) in [5, 5.41) is 0. The van der Waals surface area contributed by atoms with E-state index in [2.05, 4.69) is 0 Å². The standard InChI is InChI=1S/C16H22N2O2/c1-2-20-14-5-3-4-13(17)15(14)16(19)18(12-8-9-12)10-11-6-7-11/h3-5,11-12H,2,6-10,17H2,1H3. The molecule has 1 aromatic carbocycles. The highest BCUT2D eigenvalue weighted by atomic mass is 16.5. The van der Waals surface area contributed by atoms with Crippen LogP contribution >= 0.6 is 0 Å². The van der Waals surface area contributed by atoms with Crippen molar-refractivity contribution in [2.24, 2.45) is 5.92 Å². The van der Waals surface area contributed by atoms with Gasteiger partial charge in [0.05, 0.1) is 6.61 Å². The van der Waals surface area contributed by atoms with Crippen LogP contribution < -0.4 is 10.5 Å². The van der Waals surface area contributed by atoms with Crippen LogP contribution in [-0.4, -0.2) is 30.0 Å². The maximum Gasteiger partial charge on any atom is 0.259 e. The molecule has 0 unspecified atom stereocenters. The Labute approximate surface area is 119 Å². The Morgan fingerprint density at radius 2 is 2.10 bits per heavy atom. The molecule has 1 amide bonds. The lowest BCUT2D eigenvalue weighted by atomic mass is 10.1. The first-order valence-corrected chi connectivity index (χ1v) is 7.53. The van der Waals surface area contributed by atoms with Crippen LogP contribution in [0.5, 0.6) is 5.75 Å². The summed E-state index contributed by atoms with van der Waals surface area (Å²) in [7, 11) is 0. The van der Waals surface area contributed by atoms with Crippen LogP contribution in [-0.2, 0) is 0 Å². The topological polar surface area (TPSA) is 55.6 Å². The number of amides is 1. The van der Waals surface area contributed by atoms with Crippen molar-refractivity contribution in [1.29, 1.82) is 0 Å². The predicted octanol–water partition coefficient (Wildman–Crippen LogP) is 2.68. The van der Waals surface area contributed by atoms with Crippen LogP contribution in [0.15, 0.2) is 18.2 Å². The first-order valence-electron chi connectivity index (χ1n) is 7.53. The molecule has 1 aromatic rings. The number of nitrogen functional groups attached to an aromatic ring is 1. The maximum atomic E-state index is 12.9. The summed E-state index contributed by atoms with van der Waals surface area (Å²) in [5.74, 6) is 1.35. The summed E-state index contributed by atoms with van der Waals surface area (Å²) >= 11 is 0. The quantitative estimate of drug-likeness (QED) is 0.811. The molecule has 2 aliphatic rings. The van der Waals surface area contributed by atoms with Gasteiger partial charge in [-0.2, -0.15) is 0 Å². The fraction of sp³-hybridized carbons (Fsp3) is 0.562. The Kier molecular flexibility index (Phi) is 3.55. The van der Waals surface area contributed by atoms with Gasteiger partial charge in [0.2, 0.25) is 0 Å². The van der Waals surface area contributed by atoms with Gasteiger partial charge in [-0.25, -0.2) is 0 Å². The second-order valence-corrected chi connectivity index (χ2v) is 5.79. The van der Waals surface area contributed by atoms with E-state index < -0.39 is 0 Å². The van der Waals surface area contributed by atoms with E-state index >= 15 is 0 Å². The van der Waals surface area contributed by atoms with Gasteiger partial charge in [-0.05, 0) is 50.7 Å². The Morgan fingerprint density at radius 1 is 1.35 bits per heavy atom. The van der Waals surface area contributed by atoms with Crippen molar-refractivity contribution >= 4 is 11.6 Å². The number of hydrogen-bond donors (Lipinski definition) is 1. The number of carbonyl (C=O) groups excluding carboxylic acids is 1. The second-order valence-electron chi connectivity index (χ2n) is 5.79. The van der Waals surface area contributed by atoms with Crippen LogP contribution in [0.25, 0.3) is 0 Å². The van der Waals surface area contributed by atoms with Gasteiger partial charge in [-0.1, -0.05) is 6.07 Å². The van der Waals surface area contributed by atoms with Crippen molar-refractivity contribution in [2.45, 2.75) is 38.6 Å². The van der Waals surface area contributed by atoms with Crippen molar-refractivity contribution < 1.29 is 9.53 Å². The zero-order valence-corrected chi connectivity index (χ0v) is 12.0. The minimum atomic E-state index is 0.0425. The van der Waals surface area contributed by atoms with Crippen molar-refractivity contribution in [3.63, 3.8) is 0 Å². The summed E-state index contributed by atoms with van der Waals surface area (Å²) in [5.41, 5.74) is 7.09. The van der Waals surface area contributed by atoms with Gasteiger partial charge in [0.15, 0.2) is 0 Å². The number of benzene rings is 1. The molecule has 0 atom stereocenters. The van der Waals surface area contributed by atoms with Gasteiger partial charge >= 0.3 is 0 Å². The van der Waals surface area contributed by atoms with Gasteiger partial charge in [-0.15, -0.1) is 0 Å². The maximum absolute atomic E-state index is 12.9. The fourth-order valence-corrected chi connectivity index (χ4v) is 2.56. The Morgan fingerprint density at radius 3 is 2.70 bits per heavy atom. The average Bonchev–Trinajstić information content (AvgIpc) is 3.28. The van der Waals surface area contributed by atoms with E-state index in [1.807, 2.05) is 24.0 Å². The van der Waals surface area contributed by atoms with E-state index in [9.17, 15) is 4.79 Å². The van der Waals surface area contributed by atoms with Crippen molar-refractivity contribution in [3.8, 4) is 5.75 Å². The molecule has 3 rings (SSSR count). The molecular formula is C16H22N2O2. The number of carbonyl (C=O) groups is 1. The van der Waals surface area contributed by atoms with Gasteiger partial charge in [0.25, 0.3) is 5.91 Å². The third-order valence-corrected chi connectivity index (χ3v) is 3.97. The number of ether oxygens (including phenoxy) is 1. The lowest BCUT2D eigenvalue weighted by Gasteiger charge is -2.24. The Hall–Kier alpha value is -1.71. The SMILES string of the molecule is CCOc1cccc(N)c1C(=O)N(CC1CC1)C1CC1. The van der Waals surface area contributed by atoms with Crippen LogP contribution in [0.4, 0.5) is 5.69 Å². The summed E-state index contributed by atoms with van der Waals surface area (Å²) in [6, 6.07) is 5.85. The third kappa shape index (κ3) is 2.74. The van der Waals surface area contributed by atoms with E-state index in [1.54, 1.807) is 6.07 Å². The Balaban J connectivity index is 1.87. The van der Waals surface area contributed by atoms with Crippen molar-refractivity contribution in [1.82, 2.24) is 4.90 Å². The molecule has 0 aliphatic heterocycles. The summed E-state index contributed by atoms with van der Waals surface area (Å²) in [4.78, 5) is 14.9. The van der Waals surface area contributed by atoms with Crippen LogP contribution in [0, 0.1) is 5.92 Å². The van der Waals surface area contributed by atoms with Crippen LogP contribution in [0.1, 0.15) is 43.0 Å². The van der Waals surface area contributed by atoms with Gasteiger partial charge in [-0.3, -0.25) is 4.79 Å². The molecule has 4 heteroatoms. The molecule has 0 bridgehead atoms. The van der Waals surface area contributed by atoms with Crippen LogP contribution in [0.3, 0.4) is 0 Å². The van der Waals surface area contributed by atoms with E-state index in [0.29, 0.717) is 35.6 Å². The molecule has 0 radical (unpaired) electrons. The minimum Gasteiger partial charge on any atom is -0.493 e. The number of nitrogens with zero attached hydrogens (tertiary/aromatic N) is 1. The number of nitrogens with two attached hydrogens (primary N) is 1. The molecule has 0 heterocycles. The number of anilines is 1. The van der Waals surface area contributed by atoms with E-state index in [4.69, 9.17) is 10.5 Å². The van der Waals surface area contributed by atoms with E-state index in [-0.39, 0.29) is 5.91 Å². The summed E-state index contributed by atoms with van der Waals surface area (Å²) in [6.07, 6.45) is 4.74. The summed E-state index contributed by atoms with van der Waals surface area (Å²) < 4.78 is 5.58. The summed E-state index contributed by atoms with van der Waals surface area (Å²) in [6.45, 7) is 3.33. The fourth-order valence-electron chi connectivity index (χ4n) is 2.56. The van der Waals surface area contributed by atoms with Gasteiger partial charge in [0.1, 0.15) is 11.3 Å².